The molecule has 5 nitrogen and oxygen atoms in total. The predicted molar refractivity (Wildman–Crippen MR) is 60.2 cm³/mol. The Hall–Kier alpha value is -1.26. The van der Waals surface area contributed by atoms with Crippen LogP contribution in [0.3, 0.4) is 0 Å². The molecule has 2 amide bonds. The standard InChI is InChI=1S/C11H20N2O3/c1-11(2,3)13(4)10(15)16-9(14)12-8-6-5-7-8/h8H,5-7H2,1-4H3,(H,12,14). The van der Waals surface area contributed by atoms with Gasteiger partial charge in [0, 0.05) is 18.6 Å². The van der Waals surface area contributed by atoms with Gasteiger partial charge in [0.1, 0.15) is 0 Å². The molecule has 1 saturated carbocycles. The molecule has 16 heavy (non-hydrogen) atoms. The van der Waals surface area contributed by atoms with Gasteiger partial charge < -0.3 is 15.0 Å². The van der Waals surface area contributed by atoms with E-state index in [9.17, 15) is 9.59 Å². The number of alkyl carbamates (subject to hydrolysis) is 1. The minimum atomic E-state index is -0.647. The molecule has 0 saturated heterocycles. The lowest BCUT2D eigenvalue weighted by Crippen LogP contribution is -2.46. The first-order valence-corrected chi connectivity index (χ1v) is 5.57. The lowest BCUT2D eigenvalue weighted by atomic mass is 9.93. The topological polar surface area (TPSA) is 58.6 Å². The van der Waals surface area contributed by atoms with Crippen LogP contribution in [-0.4, -0.2) is 35.7 Å². The Morgan fingerprint density at radius 2 is 1.88 bits per heavy atom. The van der Waals surface area contributed by atoms with E-state index in [1.54, 1.807) is 7.05 Å². The number of nitrogens with one attached hydrogen (secondary N) is 1. The smallest absolute Gasteiger partial charge is 0.359 e. The second kappa shape index (κ2) is 4.72. The van der Waals surface area contributed by atoms with Crippen LogP contribution in [0.25, 0.3) is 0 Å². The lowest BCUT2D eigenvalue weighted by Gasteiger charge is -2.31. The van der Waals surface area contributed by atoms with Gasteiger partial charge in [0.15, 0.2) is 0 Å². The van der Waals surface area contributed by atoms with Crippen molar-refractivity contribution >= 4 is 12.2 Å². The van der Waals surface area contributed by atoms with Crippen molar-refractivity contribution in [1.82, 2.24) is 10.2 Å². The normalized spacial score (nSPS) is 16.2. The summed E-state index contributed by atoms with van der Waals surface area (Å²) < 4.78 is 4.68. The molecule has 1 fully saturated rings. The van der Waals surface area contributed by atoms with E-state index < -0.39 is 12.2 Å². The Balaban J connectivity index is 2.35. The van der Waals surface area contributed by atoms with Gasteiger partial charge in [-0.25, -0.2) is 9.59 Å². The molecule has 0 atom stereocenters. The van der Waals surface area contributed by atoms with Crippen LogP contribution in [0.4, 0.5) is 9.59 Å². The van der Waals surface area contributed by atoms with Gasteiger partial charge in [0.2, 0.25) is 0 Å². The summed E-state index contributed by atoms with van der Waals surface area (Å²) in [7, 11) is 1.61. The van der Waals surface area contributed by atoms with Crippen LogP contribution in [0, 0.1) is 0 Å². The van der Waals surface area contributed by atoms with Crippen LogP contribution >= 0.6 is 0 Å². The zero-order valence-corrected chi connectivity index (χ0v) is 10.4. The molecule has 0 radical (unpaired) electrons. The third-order valence-electron chi connectivity index (χ3n) is 2.89. The molecule has 0 aliphatic heterocycles. The number of carbonyl (C=O) groups excluding carboxylic acids is 2. The minimum absolute atomic E-state index is 0.181. The number of hydrogen-bond donors (Lipinski definition) is 1. The summed E-state index contributed by atoms with van der Waals surface area (Å²) in [5, 5.41) is 2.64. The summed E-state index contributed by atoms with van der Waals surface area (Å²) in [6.07, 6.45) is 1.80. The van der Waals surface area contributed by atoms with Crippen LogP contribution in [0.2, 0.25) is 0 Å². The highest BCUT2D eigenvalue weighted by molar-refractivity contribution is 5.83. The van der Waals surface area contributed by atoms with Gasteiger partial charge in [0.25, 0.3) is 0 Å². The predicted octanol–water partition coefficient (Wildman–Crippen LogP) is 2.12. The quantitative estimate of drug-likeness (QED) is 0.699. The number of nitrogens with zero attached hydrogens (tertiary/aromatic N) is 1. The van der Waals surface area contributed by atoms with Crippen LogP contribution in [-0.2, 0) is 4.74 Å². The van der Waals surface area contributed by atoms with Crippen molar-refractivity contribution < 1.29 is 14.3 Å². The molecule has 1 aliphatic rings. The molecule has 0 aromatic carbocycles. The van der Waals surface area contributed by atoms with Gasteiger partial charge in [-0.05, 0) is 40.0 Å². The Bertz CT molecular complexity index is 279. The molecule has 0 unspecified atom stereocenters. The Kier molecular flexibility index (Phi) is 3.78. The van der Waals surface area contributed by atoms with E-state index in [1.165, 1.54) is 4.90 Å². The molecule has 0 bridgehead atoms. The third-order valence-corrected chi connectivity index (χ3v) is 2.89. The monoisotopic (exact) mass is 228 g/mol. The van der Waals surface area contributed by atoms with E-state index in [2.05, 4.69) is 10.1 Å². The molecule has 1 aliphatic carbocycles. The van der Waals surface area contributed by atoms with Crippen molar-refractivity contribution in [3.8, 4) is 0 Å². The first-order valence-electron chi connectivity index (χ1n) is 5.57. The molecule has 5 heteroatoms. The van der Waals surface area contributed by atoms with Crippen LogP contribution in [0.5, 0.6) is 0 Å². The van der Waals surface area contributed by atoms with E-state index in [-0.39, 0.29) is 11.6 Å². The molecule has 0 heterocycles. The van der Waals surface area contributed by atoms with Gasteiger partial charge in [-0.15, -0.1) is 0 Å². The van der Waals surface area contributed by atoms with Gasteiger partial charge in [0.05, 0.1) is 0 Å². The fourth-order valence-electron chi connectivity index (χ4n) is 1.17. The second-order valence-electron chi connectivity index (χ2n) is 5.16. The van der Waals surface area contributed by atoms with Crippen molar-refractivity contribution in [3.63, 3.8) is 0 Å². The van der Waals surface area contributed by atoms with E-state index in [1.807, 2.05) is 20.8 Å². The molecule has 0 spiro atoms. The first-order chi connectivity index (χ1) is 7.30. The van der Waals surface area contributed by atoms with Crippen LogP contribution in [0.15, 0.2) is 0 Å². The van der Waals surface area contributed by atoms with E-state index in [4.69, 9.17) is 0 Å². The Morgan fingerprint density at radius 1 is 1.31 bits per heavy atom. The number of ether oxygens (including phenoxy) is 1. The number of amides is 2. The zero-order chi connectivity index (χ0) is 12.3. The van der Waals surface area contributed by atoms with Crippen molar-refractivity contribution in [2.45, 2.75) is 51.6 Å². The average molecular weight is 228 g/mol. The molecule has 1 rings (SSSR count). The highest BCUT2D eigenvalue weighted by atomic mass is 16.6. The molecule has 1 N–H and O–H groups in total. The number of hydrogen-bond acceptors (Lipinski definition) is 3. The molecular weight excluding hydrogens is 208 g/mol. The summed E-state index contributed by atoms with van der Waals surface area (Å²) >= 11 is 0. The maximum Gasteiger partial charge on any atom is 0.418 e. The molecule has 0 aromatic rings. The first kappa shape index (κ1) is 12.8. The largest absolute Gasteiger partial charge is 0.418 e. The second-order valence-corrected chi connectivity index (χ2v) is 5.16. The highest BCUT2D eigenvalue weighted by Gasteiger charge is 2.27. The third kappa shape index (κ3) is 3.40. The van der Waals surface area contributed by atoms with Gasteiger partial charge >= 0.3 is 12.2 Å². The van der Waals surface area contributed by atoms with Crippen molar-refractivity contribution in [2.75, 3.05) is 7.05 Å². The van der Waals surface area contributed by atoms with Crippen LogP contribution in [0.1, 0.15) is 40.0 Å². The van der Waals surface area contributed by atoms with Crippen molar-refractivity contribution in [3.05, 3.63) is 0 Å². The van der Waals surface area contributed by atoms with Crippen molar-refractivity contribution in [1.29, 1.82) is 0 Å². The molecule has 0 aromatic heterocycles. The number of carbonyl (C=O) groups is 2. The average Bonchev–Trinajstić information content (AvgIpc) is 2.08. The van der Waals surface area contributed by atoms with Crippen molar-refractivity contribution in [2.24, 2.45) is 0 Å². The number of rotatable bonds is 1. The lowest BCUT2D eigenvalue weighted by molar-refractivity contribution is 0.0950. The summed E-state index contributed by atoms with van der Waals surface area (Å²) in [5.41, 5.74) is -0.353. The summed E-state index contributed by atoms with van der Waals surface area (Å²) in [6.45, 7) is 5.62. The SMILES string of the molecule is CN(C(=O)OC(=O)NC1CCC1)C(C)(C)C. The summed E-state index contributed by atoms with van der Waals surface area (Å²) in [6, 6.07) is 0.181. The maximum atomic E-state index is 11.5. The fourth-order valence-corrected chi connectivity index (χ4v) is 1.17. The summed E-state index contributed by atoms with van der Waals surface area (Å²) in [5.74, 6) is 0. The molecular formula is C11H20N2O3. The Morgan fingerprint density at radius 3 is 2.25 bits per heavy atom. The highest BCUT2D eigenvalue weighted by Crippen LogP contribution is 2.18. The fraction of sp³-hybridized carbons (Fsp3) is 0.818. The van der Waals surface area contributed by atoms with Crippen LogP contribution < -0.4 is 5.32 Å². The van der Waals surface area contributed by atoms with E-state index in [0.29, 0.717) is 0 Å². The van der Waals surface area contributed by atoms with Gasteiger partial charge in [-0.1, -0.05) is 0 Å². The summed E-state index contributed by atoms with van der Waals surface area (Å²) in [4.78, 5) is 24.2. The minimum Gasteiger partial charge on any atom is -0.359 e. The molecule has 92 valence electrons. The van der Waals surface area contributed by atoms with Gasteiger partial charge in [-0.2, -0.15) is 0 Å². The Labute approximate surface area is 96.1 Å². The van der Waals surface area contributed by atoms with Gasteiger partial charge in [-0.3, -0.25) is 0 Å². The maximum absolute atomic E-state index is 11.5. The van der Waals surface area contributed by atoms with E-state index in [0.717, 1.165) is 19.3 Å². The zero-order valence-electron chi connectivity index (χ0n) is 10.4. The van der Waals surface area contributed by atoms with E-state index >= 15 is 0 Å².